The molecular formula is C19H25ClN4OS. The van der Waals surface area contributed by atoms with E-state index in [4.69, 9.17) is 11.6 Å². The van der Waals surface area contributed by atoms with E-state index in [9.17, 15) is 4.79 Å². The van der Waals surface area contributed by atoms with E-state index < -0.39 is 0 Å². The van der Waals surface area contributed by atoms with E-state index in [1.54, 1.807) is 25.4 Å². The monoisotopic (exact) mass is 392 g/mol. The Morgan fingerprint density at radius 1 is 1.27 bits per heavy atom. The van der Waals surface area contributed by atoms with Crippen molar-refractivity contribution in [1.29, 1.82) is 0 Å². The zero-order chi connectivity index (χ0) is 18.9. The molecule has 1 amide bonds. The lowest BCUT2D eigenvalue weighted by Crippen LogP contribution is -2.40. The number of halogens is 1. The molecule has 5 nitrogen and oxygen atoms in total. The van der Waals surface area contributed by atoms with Gasteiger partial charge in [0.05, 0.1) is 6.04 Å². The molecule has 7 heteroatoms. The van der Waals surface area contributed by atoms with Crippen LogP contribution in [0.2, 0.25) is 5.02 Å². The Morgan fingerprint density at radius 3 is 2.69 bits per heavy atom. The summed E-state index contributed by atoms with van der Waals surface area (Å²) >= 11 is 8.01. The number of carbonyl (C=O) groups excluding carboxylic acids is 1. The lowest BCUT2D eigenvalue weighted by atomic mass is 10.1. The van der Waals surface area contributed by atoms with Crippen LogP contribution in [0.5, 0.6) is 0 Å². The van der Waals surface area contributed by atoms with Crippen molar-refractivity contribution in [3.63, 3.8) is 0 Å². The fraction of sp³-hybridized carbons (Fsp3) is 0.368. The zero-order valence-corrected chi connectivity index (χ0v) is 16.9. The molecule has 0 radical (unpaired) electrons. The molecular weight excluding hydrogens is 368 g/mol. The number of carbonyl (C=O) groups is 1. The number of rotatable bonds is 7. The Kier molecular flexibility index (Phi) is 7.94. The number of aliphatic imine (C=N–C) groups is 1. The summed E-state index contributed by atoms with van der Waals surface area (Å²) in [5.74, 6) is 0.555. The summed E-state index contributed by atoms with van der Waals surface area (Å²) in [4.78, 5) is 19.1. The number of hydrogen-bond donors (Lipinski definition) is 2. The van der Waals surface area contributed by atoms with Gasteiger partial charge in [0.25, 0.3) is 0 Å². The molecule has 0 fully saturated rings. The second-order valence-electron chi connectivity index (χ2n) is 6.10. The Bertz CT molecular complexity index is 731. The van der Waals surface area contributed by atoms with Gasteiger partial charge in [0.1, 0.15) is 6.54 Å². The van der Waals surface area contributed by atoms with Crippen molar-refractivity contribution in [3.8, 4) is 0 Å². The van der Waals surface area contributed by atoms with E-state index in [0.717, 1.165) is 18.5 Å². The first-order valence-corrected chi connectivity index (χ1v) is 9.75. The van der Waals surface area contributed by atoms with Gasteiger partial charge >= 0.3 is 0 Å². The topological polar surface area (TPSA) is 56.7 Å². The van der Waals surface area contributed by atoms with Crippen LogP contribution in [0.4, 0.5) is 0 Å². The minimum Gasteiger partial charge on any atom is -0.356 e. The quantitative estimate of drug-likeness (QED) is 0.561. The van der Waals surface area contributed by atoms with Gasteiger partial charge in [-0.1, -0.05) is 35.9 Å². The lowest BCUT2D eigenvalue weighted by Gasteiger charge is -2.20. The van der Waals surface area contributed by atoms with Gasteiger partial charge in [0.2, 0.25) is 5.91 Å². The van der Waals surface area contributed by atoms with Crippen molar-refractivity contribution in [3.05, 3.63) is 57.2 Å². The number of amides is 1. The summed E-state index contributed by atoms with van der Waals surface area (Å²) in [5.41, 5.74) is 0.987. The van der Waals surface area contributed by atoms with Gasteiger partial charge < -0.3 is 15.5 Å². The number of benzene rings is 1. The van der Waals surface area contributed by atoms with Crippen molar-refractivity contribution < 1.29 is 4.79 Å². The Balaban J connectivity index is 2.02. The molecule has 0 spiro atoms. The molecule has 1 heterocycles. The van der Waals surface area contributed by atoms with Crippen LogP contribution >= 0.6 is 22.9 Å². The van der Waals surface area contributed by atoms with Crippen LogP contribution in [-0.4, -0.2) is 44.0 Å². The number of guanidine groups is 1. The lowest BCUT2D eigenvalue weighted by molar-refractivity contribution is -0.127. The molecule has 1 unspecified atom stereocenters. The van der Waals surface area contributed by atoms with E-state index in [2.05, 4.69) is 27.1 Å². The maximum absolute atomic E-state index is 11.9. The minimum absolute atomic E-state index is 0.0360. The Morgan fingerprint density at radius 2 is 2.04 bits per heavy atom. The summed E-state index contributed by atoms with van der Waals surface area (Å²) in [6.07, 6.45) is 0.903. The van der Waals surface area contributed by atoms with E-state index in [1.807, 2.05) is 37.3 Å². The maximum Gasteiger partial charge on any atom is 0.243 e. The van der Waals surface area contributed by atoms with Gasteiger partial charge in [0.15, 0.2) is 5.96 Å². The molecule has 26 heavy (non-hydrogen) atoms. The summed E-state index contributed by atoms with van der Waals surface area (Å²) in [6, 6.07) is 11.8. The highest BCUT2D eigenvalue weighted by atomic mass is 35.5. The third-order valence-corrected chi connectivity index (χ3v) is 5.12. The highest BCUT2D eigenvalue weighted by Gasteiger charge is 2.12. The standard InChI is InChI=1S/C19H25ClN4OS/c1-14(16-8-4-5-9-17(16)20)23-19(22-13-18(25)24(2)3)21-11-10-15-7-6-12-26-15/h4-9,12,14H,10-11,13H2,1-3H3,(H2,21,22,23). The predicted octanol–water partition coefficient (Wildman–Crippen LogP) is 3.33. The van der Waals surface area contributed by atoms with Crippen LogP contribution in [0, 0.1) is 0 Å². The van der Waals surface area contributed by atoms with Crippen molar-refractivity contribution in [1.82, 2.24) is 15.5 Å². The normalized spacial score (nSPS) is 12.5. The smallest absolute Gasteiger partial charge is 0.243 e. The van der Waals surface area contributed by atoms with Crippen LogP contribution in [0.1, 0.15) is 23.4 Å². The third-order valence-electron chi connectivity index (χ3n) is 3.84. The first-order valence-electron chi connectivity index (χ1n) is 8.49. The highest BCUT2D eigenvalue weighted by molar-refractivity contribution is 7.09. The molecule has 1 aromatic heterocycles. The van der Waals surface area contributed by atoms with Gasteiger partial charge in [0, 0.05) is 30.5 Å². The molecule has 1 atom stereocenters. The molecule has 0 aliphatic heterocycles. The van der Waals surface area contributed by atoms with Crippen molar-refractivity contribution in [2.75, 3.05) is 27.2 Å². The Labute approximate surface area is 164 Å². The molecule has 0 aliphatic rings. The average molecular weight is 393 g/mol. The number of hydrogen-bond acceptors (Lipinski definition) is 3. The fourth-order valence-electron chi connectivity index (χ4n) is 2.31. The maximum atomic E-state index is 11.9. The summed E-state index contributed by atoms with van der Waals surface area (Å²) in [6.45, 7) is 2.85. The molecule has 140 valence electrons. The number of nitrogens with zero attached hydrogens (tertiary/aromatic N) is 2. The molecule has 0 bridgehead atoms. The summed E-state index contributed by atoms with van der Waals surface area (Å²) < 4.78 is 0. The van der Waals surface area contributed by atoms with Gasteiger partial charge in [-0.3, -0.25) is 4.79 Å². The number of likely N-dealkylation sites (N-methyl/N-ethyl adjacent to an activating group) is 1. The Hall–Kier alpha value is -2.05. The van der Waals surface area contributed by atoms with Crippen LogP contribution in [0.3, 0.4) is 0 Å². The average Bonchev–Trinajstić information content (AvgIpc) is 3.12. The molecule has 0 saturated heterocycles. The minimum atomic E-state index is -0.0465. The van der Waals surface area contributed by atoms with Crippen molar-refractivity contribution in [2.45, 2.75) is 19.4 Å². The van der Waals surface area contributed by atoms with Gasteiger partial charge in [-0.15, -0.1) is 11.3 Å². The number of nitrogens with one attached hydrogen (secondary N) is 2. The van der Waals surface area contributed by atoms with Crippen molar-refractivity contribution in [2.24, 2.45) is 4.99 Å². The molecule has 1 aromatic carbocycles. The molecule has 2 N–H and O–H groups in total. The van der Waals surface area contributed by atoms with Gasteiger partial charge in [-0.2, -0.15) is 0 Å². The van der Waals surface area contributed by atoms with E-state index in [0.29, 0.717) is 11.0 Å². The molecule has 2 aromatic rings. The van der Waals surface area contributed by atoms with Gasteiger partial charge in [-0.05, 0) is 36.4 Å². The van der Waals surface area contributed by atoms with Crippen molar-refractivity contribution >= 4 is 34.8 Å². The second-order valence-corrected chi connectivity index (χ2v) is 7.54. The van der Waals surface area contributed by atoms with Gasteiger partial charge in [-0.25, -0.2) is 4.99 Å². The van der Waals surface area contributed by atoms with E-state index in [-0.39, 0.29) is 18.5 Å². The zero-order valence-electron chi connectivity index (χ0n) is 15.3. The largest absolute Gasteiger partial charge is 0.356 e. The molecule has 0 saturated carbocycles. The van der Waals surface area contributed by atoms with Crippen LogP contribution in [-0.2, 0) is 11.2 Å². The molecule has 2 rings (SSSR count). The fourth-order valence-corrected chi connectivity index (χ4v) is 3.32. The van der Waals surface area contributed by atoms with Crippen LogP contribution in [0.15, 0.2) is 46.8 Å². The first kappa shape index (κ1) is 20.3. The number of thiophene rings is 1. The second kappa shape index (κ2) is 10.2. The third kappa shape index (κ3) is 6.35. The highest BCUT2D eigenvalue weighted by Crippen LogP contribution is 2.21. The van der Waals surface area contributed by atoms with E-state index >= 15 is 0 Å². The van der Waals surface area contributed by atoms with Crippen LogP contribution < -0.4 is 10.6 Å². The summed E-state index contributed by atoms with van der Waals surface area (Å²) in [7, 11) is 3.45. The van der Waals surface area contributed by atoms with E-state index in [1.165, 1.54) is 9.78 Å². The summed E-state index contributed by atoms with van der Waals surface area (Å²) in [5, 5.41) is 9.41. The first-order chi connectivity index (χ1) is 12.5. The predicted molar refractivity (Wildman–Crippen MR) is 110 cm³/mol. The van der Waals surface area contributed by atoms with Crippen LogP contribution in [0.25, 0.3) is 0 Å². The SMILES string of the molecule is CC(NC(=NCC(=O)N(C)C)NCCc1cccs1)c1ccccc1Cl. The molecule has 0 aliphatic carbocycles.